The molecule has 0 spiro atoms. The number of para-hydroxylation sites is 1. The fraction of sp³-hybridized carbons (Fsp3) is 0.333. The number of rotatable bonds is 5. The van der Waals surface area contributed by atoms with Crippen LogP contribution in [-0.2, 0) is 5.41 Å². The van der Waals surface area contributed by atoms with Crippen LogP contribution >= 0.6 is 0 Å². The van der Waals surface area contributed by atoms with Crippen molar-refractivity contribution >= 4 is 22.6 Å². The van der Waals surface area contributed by atoms with Crippen molar-refractivity contribution in [3.8, 4) is 0 Å². The number of carboxylic acid groups (broad SMARTS) is 1. The molecule has 1 heterocycles. The lowest BCUT2D eigenvalue weighted by Crippen LogP contribution is -2.67. The fourth-order valence-corrected chi connectivity index (χ4v) is 5.22. The standard InChI is InChI=1S/C24H21F2NO4/c1-12-19(28)17-8-14(25)7-16(13(2)27-18-6-4-3-5-15(18)22(29)30)20(17)31-21(12)23-9-24(26,10-23)11-23/h3-8,13,27H,9-11H2,1-2H3,(H,29,30)/t13-,23?,24?/m1/s1. The molecule has 3 fully saturated rings. The van der Waals surface area contributed by atoms with Crippen molar-refractivity contribution in [1.29, 1.82) is 0 Å². The monoisotopic (exact) mass is 425 g/mol. The van der Waals surface area contributed by atoms with E-state index in [1.54, 1.807) is 32.0 Å². The predicted molar refractivity (Wildman–Crippen MR) is 112 cm³/mol. The third-order valence-corrected chi connectivity index (χ3v) is 6.66. The van der Waals surface area contributed by atoms with Crippen LogP contribution in [0.4, 0.5) is 14.5 Å². The predicted octanol–water partition coefficient (Wildman–Crippen LogP) is 5.26. The normalized spacial score (nSPS) is 24.9. The Morgan fingerprint density at radius 3 is 2.55 bits per heavy atom. The minimum absolute atomic E-state index is 0.0788. The molecule has 2 bridgehead atoms. The molecule has 3 saturated carbocycles. The van der Waals surface area contributed by atoms with E-state index in [-0.39, 0.29) is 22.0 Å². The summed E-state index contributed by atoms with van der Waals surface area (Å²) in [6.07, 6.45) is 1.02. The lowest BCUT2D eigenvalue weighted by molar-refractivity contribution is -0.167. The molecule has 160 valence electrons. The first-order valence-electron chi connectivity index (χ1n) is 10.2. The summed E-state index contributed by atoms with van der Waals surface area (Å²) in [4.78, 5) is 24.6. The van der Waals surface area contributed by atoms with E-state index in [4.69, 9.17) is 4.42 Å². The van der Waals surface area contributed by atoms with E-state index < -0.39 is 28.9 Å². The number of carboxylic acids is 1. The highest BCUT2D eigenvalue weighted by molar-refractivity contribution is 5.94. The molecule has 0 radical (unpaired) electrons. The zero-order chi connectivity index (χ0) is 22.1. The minimum Gasteiger partial charge on any atom is -0.478 e. The van der Waals surface area contributed by atoms with Crippen molar-refractivity contribution in [2.45, 2.75) is 50.2 Å². The molecule has 3 aliphatic carbocycles. The maximum Gasteiger partial charge on any atom is 0.337 e. The molecule has 1 aromatic heterocycles. The van der Waals surface area contributed by atoms with Crippen LogP contribution in [0.1, 0.15) is 59.5 Å². The van der Waals surface area contributed by atoms with Gasteiger partial charge in [0, 0.05) is 22.2 Å². The first-order chi connectivity index (χ1) is 14.6. The Bertz CT molecular complexity index is 1290. The van der Waals surface area contributed by atoms with Gasteiger partial charge in [0.1, 0.15) is 22.8 Å². The van der Waals surface area contributed by atoms with Gasteiger partial charge in [-0.3, -0.25) is 4.79 Å². The van der Waals surface area contributed by atoms with Gasteiger partial charge in [0.15, 0.2) is 5.43 Å². The fourth-order valence-electron chi connectivity index (χ4n) is 5.22. The Kier molecular flexibility index (Phi) is 4.07. The lowest BCUT2D eigenvalue weighted by Gasteiger charge is -2.65. The van der Waals surface area contributed by atoms with Crippen LogP contribution in [0.25, 0.3) is 11.0 Å². The van der Waals surface area contributed by atoms with Crippen molar-refractivity contribution in [2.75, 3.05) is 5.32 Å². The number of nitrogens with one attached hydrogen (secondary N) is 1. The number of alkyl halides is 1. The summed E-state index contributed by atoms with van der Waals surface area (Å²) < 4.78 is 34.8. The Hall–Kier alpha value is -3.22. The van der Waals surface area contributed by atoms with Gasteiger partial charge in [0.05, 0.1) is 17.0 Å². The Balaban J connectivity index is 1.63. The first kappa shape index (κ1) is 19.7. The van der Waals surface area contributed by atoms with Gasteiger partial charge in [0.2, 0.25) is 0 Å². The van der Waals surface area contributed by atoms with E-state index in [0.717, 1.165) is 6.07 Å². The van der Waals surface area contributed by atoms with Gasteiger partial charge >= 0.3 is 5.97 Å². The molecule has 0 unspecified atom stereocenters. The molecule has 7 heteroatoms. The quantitative estimate of drug-likeness (QED) is 0.583. The topological polar surface area (TPSA) is 79.5 Å². The maximum atomic E-state index is 14.4. The van der Waals surface area contributed by atoms with Crippen molar-refractivity contribution in [2.24, 2.45) is 0 Å². The summed E-state index contributed by atoms with van der Waals surface area (Å²) in [6, 6.07) is 8.28. The smallest absolute Gasteiger partial charge is 0.337 e. The third-order valence-electron chi connectivity index (χ3n) is 6.66. The number of aromatic carboxylic acids is 1. The van der Waals surface area contributed by atoms with E-state index in [9.17, 15) is 23.5 Å². The van der Waals surface area contributed by atoms with E-state index in [1.165, 1.54) is 12.1 Å². The van der Waals surface area contributed by atoms with E-state index in [0.29, 0.717) is 41.8 Å². The second-order valence-corrected chi connectivity index (χ2v) is 8.94. The van der Waals surface area contributed by atoms with E-state index in [1.807, 2.05) is 0 Å². The zero-order valence-electron chi connectivity index (χ0n) is 17.1. The minimum atomic E-state index is -1.15. The second kappa shape index (κ2) is 6.39. The SMILES string of the molecule is Cc1c(C23CC(F)(C2)C3)oc2c([C@@H](C)Nc3ccccc3C(=O)O)cc(F)cc2c1=O. The van der Waals surface area contributed by atoms with Crippen molar-refractivity contribution in [3.63, 3.8) is 0 Å². The summed E-state index contributed by atoms with van der Waals surface area (Å²) >= 11 is 0. The Labute approximate surface area is 176 Å². The molecule has 3 aliphatic rings. The molecule has 5 nitrogen and oxygen atoms in total. The van der Waals surface area contributed by atoms with Crippen LogP contribution in [0.3, 0.4) is 0 Å². The van der Waals surface area contributed by atoms with Crippen LogP contribution in [0.2, 0.25) is 0 Å². The van der Waals surface area contributed by atoms with E-state index in [2.05, 4.69) is 5.32 Å². The lowest BCUT2D eigenvalue weighted by atomic mass is 9.41. The molecule has 31 heavy (non-hydrogen) atoms. The largest absolute Gasteiger partial charge is 0.478 e. The van der Waals surface area contributed by atoms with Gasteiger partial charge in [-0.25, -0.2) is 13.6 Å². The number of anilines is 1. The number of hydrogen-bond donors (Lipinski definition) is 2. The van der Waals surface area contributed by atoms with Crippen LogP contribution < -0.4 is 10.7 Å². The average Bonchev–Trinajstić information content (AvgIpc) is 2.68. The number of hydrogen-bond acceptors (Lipinski definition) is 4. The van der Waals surface area contributed by atoms with Crippen molar-refractivity contribution in [1.82, 2.24) is 0 Å². The first-order valence-corrected chi connectivity index (χ1v) is 10.2. The highest BCUT2D eigenvalue weighted by Crippen LogP contribution is 2.70. The third kappa shape index (κ3) is 2.86. The summed E-state index contributed by atoms with van der Waals surface area (Å²) in [6.45, 7) is 3.38. The Morgan fingerprint density at radius 2 is 1.90 bits per heavy atom. The van der Waals surface area contributed by atoms with Crippen LogP contribution in [0.5, 0.6) is 0 Å². The number of benzene rings is 2. The number of fused-ring (bicyclic) bond motifs is 1. The van der Waals surface area contributed by atoms with E-state index >= 15 is 0 Å². The van der Waals surface area contributed by atoms with Gasteiger partial charge in [-0.05, 0) is 57.4 Å². The number of halogens is 2. The summed E-state index contributed by atoms with van der Waals surface area (Å²) in [5.74, 6) is -1.20. The van der Waals surface area contributed by atoms with Gasteiger partial charge in [0.25, 0.3) is 0 Å². The molecule has 1 atom stereocenters. The van der Waals surface area contributed by atoms with Gasteiger partial charge in [-0.2, -0.15) is 0 Å². The molecule has 2 N–H and O–H groups in total. The van der Waals surface area contributed by atoms with Gasteiger partial charge in [-0.15, -0.1) is 0 Å². The second-order valence-electron chi connectivity index (χ2n) is 8.94. The summed E-state index contributed by atoms with van der Waals surface area (Å²) in [5.41, 5.74) is -0.447. The molecule has 0 amide bonds. The van der Waals surface area contributed by atoms with Crippen LogP contribution in [0, 0.1) is 12.7 Å². The maximum absolute atomic E-state index is 14.4. The summed E-state index contributed by atoms with van der Waals surface area (Å²) in [7, 11) is 0. The zero-order valence-corrected chi connectivity index (χ0v) is 17.1. The van der Waals surface area contributed by atoms with Crippen molar-refractivity contribution < 1.29 is 23.1 Å². The van der Waals surface area contributed by atoms with Crippen LogP contribution in [0.15, 0.2) is 45.6 Å². The van der Waals surface area contributed by atoms with Crippen LogP contribution in [-0.4, -0.2) is 16.7 Å². The highest BCUT2D eigenvalue weighted by Gasteiger charge is 2.71. The van der Waals surface area contributed by atoms with Gasteiger partial charge < -0.3 is 14.8 Å². The molecular formula is C24H21F2NO4. The highest BCUT2D eigenvalue weighted by atomic mass is 19.1. The molecule has 6 rings (SSSR count). The molecule has 2 aromatic carbocycles. The number of carbonyl (C=O) groups is 1. The average molecular weight is 425 g/mol. The molecular weight excluding hydrogens is 404 g/mol. The molecule has 3 aromatic rings. The van der Waals surface area contributed by atoms with Crippen molar-refractivity contribution in [3.05, 3.63) is 74.9 Å². The van der Waals surface area contributed by atoms with Gasteiger partial charge in [-0.1, -0.05) is 12.1 Å². The molecule has 0 saturated heterocycles. The molecule has 0 aliphatic heterocycles. The summed E-state index contributed by atoms with van der Waals surface area (Å²) in [5, 5.41) is 12.6. The Morgan fingerprint density at radius 1 is 1.23 bits per heavy atom.